The average molecular weight is 354 g/mol. The van der Waals surface area contributed by atoms with E-state index in [2.05, 4.69) is 27.1 Å². The molecule has 0 aromatic carbocycles. The van der Waals surface area contributed by atoms with Crippen molar-refractivity contribution in [2.75, 3.05) is 24.7 Å². The fraction of sp³-hybridized carbons (Fsp3) is 0.556. The smallest absolute Gasteiger partial charge is 0.158 e. The quantitative estimate of drug-likeness (QED) is 0.712. The van der Waals surface area contributed by atoms with Gasteiger partial charge in [0.05, 0.1) is 18.0 Å². The van der Waals surface area contributed by atoms with E-state index in [0.717, 1.165) is 79.9 Å². The molecule has 0 spiro atoms. The van der Waals surface area contributed by atoms with Crippen LogP contribution in [-0.2, 0) is 24.1 Å². The third-order valence-electron chi connectivity index (χ3n) is 5.46. The monoisotopic (exact) mass is 354 g/mol. The predicted molar refractivity (Wildman–Crippen MR) is 94.3 cm³/mol. The molecule has 3 aromatic heterocycles. The molecule has 3 aromatic rings. The first-order valence-corrected chi connectivity index (χ1v) is 9.25. The van der Waals surface area contributed by atoms with Crippen LogP contribution in [0.5, 0.6) is 0 Å². The highest BCUT2D eigenvalue weighted by molar-refractivity contribution is 5.73. The zero-order chi connectivity index (χ0) is 17.7. The maximum absolute atomic E-state index is 5.60. The van der Waals surface area contributed by atoms with Crippen molar-refractivity contribution in [1.82, 2.24) is 24.7 Å². The highest BCUT2D eigenvalue weighted by atomic mass is 16.5. The molecule has 5 rings (SSSR count). The summed E-state index contributed by atoms with van der Waals surface area (Å²) in [4.78, 5) is 11.8. The Bertz CT molecular complexity index is 943. The SMILES string of the molecule is CCc1onc2c1CN(c1ncnn3c(C)nc(C4CCOC4)c13)CC2. The van der Waals surface area contributed by atoms with Crippen LogP contribution in [0.2, 0.25) is 0 Å². The molecule has 0 amide bonds. The van der Waals surface area contributed by atoms with Crippen LogP contribution in [0, 0.1) is 6.92 Å². The van der Waals surface area contributed by atoms with Crippen LogP contribution in [0.4, 0.5) is 5.82 Å². The minimum atomic E-state index is 0.311. The number of aromatic nitrogens is 5. The van der Waals surface area contributed by atoms with Crippen LogP contribution in [0.3, 0.4) is 0 Å². The Morgan fingerprint density at radius 1 is 1.35 bits per heavy atom. The summed E-state index contributed by atoms with van der Waals surface area (Å²) in [6.45, 7) is 7.23. The zero-order valence-corrected chi connectivity index (χ0v) is 15.1. The van der Waals surface area contributed by atoms with E-state index in [0.29, 0.717) is 5.92 Å². The molecule has 0 bridgehead atoms. The molecule has 1 saturated heterocycles. The van der Waals surface area contributed by atoms with Crippen molar-refractivity contribution in [3.8, 4) is 0 Å². The van der Waals surface area contributed by atoms with E-state index in [1.165, 1.54) is 5.56 Å². The predicted octanol–water partition coefficient (Wildman–Crippen LogP) is 2.05. The molecule has 0 N–H and O–H groups in total. The molecule has 136 valence electrons. The lowest BCUT2D eigenvalue weighted by molar-refractivity contribution is 0.193. The second-order valence-electron chi connectivity index (χ2n) is 7.00. The van der Waals surface area contributed by atoms with Gasteiger partial charge in [-0.3, -0.25) is 0 Å². The largest absolute Gasteiger partial charge is 0.381 e. The van der Waals surface area contributed by atoms with Gasteiger partial charge in [-0.05, 0) is 13.3 Å². The summed E-state index contributed by atoms with van der Waals surface area (Å²) in [6.07, 6.45) is 4.34. The molecule has 5 heterocycles. The molecular weight excluding hydrogens is 332 g/mol. The maximum Gasteiger partial charge on any atom is 0.158 e. The molecule has 1 fully saturated rings. The molecule has 1 unspecified atom stereocenters. The van der Waals surface area contributed by atoms with Crippen molar-refractivity contribution in [2.24, 2.45) is 0 Å². The van der Waals surface area contributed by atoms with Crippen molar-refractivity contribution in [1.29, 1.82) is 0 Å². The number of nitrogens with zero attached hydrogens (tertiary/aromatic N) is 6. The molecule has 0 radical (unpaired) electrons. The summed E-state index contributed by atoms with van der Waals surface area (Å²) >= 11 is 0. The van der Waals surface area contributed by atoms with Crippen LogP contribution in [0.15, 0.2) is 10.9 Å². The van der Waals surface area contributed by atoms with E-state index >= 15 is 0 Å². The van der Waals surface area contributed by atoms with Gasteiger partial charge in [0.2, 0.25) is 0 Å². The topological polar surface area (TPSA) is 81.6 Å². The Morgan fingerprint density at radius 3 is 3.08 bits per heavy atom. The van der Waals surface area contributed by atoms with Gasteiger partial charge < -0.3 is 14.2 Å². The second-order valence-corrected chi connectivity index (χ2v) is 7.00. The normalized spacial score (nSPS) is 20.1. The highest BCUT2D eigenvalue weighted by Gasteiger charge is 2.30. The molecule has 8 heteroatoms. The molecular formula is C18H22N6O2. The third kappa shape index (κ3) is 2.32. The summed E-state index contributed by atoms with van der Waals surface area (Å²) in [5.41, 5.74) is 4.36. The fourth-order valence-electron chi connectivity index (χ4n) is 4.08. The van der Waals surface area contributed by atoms with Crippen molar-refractivity contribution >= 4 is 11.3 Å². The summed E-state index contributed by atoms with van der Waals surface area (Å²) in [7, 11) is 0. The van der Waals surface area contributed by atoms with Crippen LogP contribution < -0.4 is 4.90 Å². The summed E-state index contributed by atoms with van der Waals surface area (Å²) in [6, 6.07) is 0. The van der Waals surface area contributed by atoms with Crippen LogP contribution >= 0.6 is 0 Å². The second kappa shape index (κ2) is 6.05. The van der Waals surface area contributed by atoms with Gasteiger partial charge in [0, 0.05) is 44.0 Å². The summed E-state index contributed by atoms with van der Waals surface area (Å²) in [5, 5.41) is 8.68. The lowest BCUT2D eigenvalue weighted by atomic mass is 10.0. The summed E-state index contributed by atoms with van der Waals surface area (Å²) in [5.74, 6) is 3.12. The zero-order valence-electron chi connectivity index (χ0n) is 15.1. The Kier molecular flexibility index (Phi) is 3.66. The number of hydrogen-bond acceptors (Lipinski definition) is 7. The number of fused-ring (bicyclic) bond motifs is 2. The first-order chi connectivity index (χ1) is 12.8. The van der Waals surface area contributed by atoms with E-state index in [-0.39, 0.29) is 0 Å². The van der Waals surface area contributed by atoms with Crippen molar-refractivity contribution in [3.63, 3.8) is 0 Å². The number of ether oxygens (including phenoxy) is 1. The number of hydrogen-bond donors (Lipinski definition) is 0. The first kappa shape index (κ1) is 15.7. The van der Waals surface area contributed by atoms with E-state index < -0.39 is 0 Å². The Balaban J connectivity index is 1.61. The van der Waals surface area contributed by atoms with Gasteiger partial charge >= 0.3 is 0 Å². The van der Waals surface area contributed by atoms with Crippen LogP contribution in [-0.4, -0.2) is 44.5 Å². The van der Waals surface area contributed by atoms with Gasteiger partial charge in [-0.1, -0.05) is 12.1 Å². The van der Waals surface area contributed by atoms with E-state index in [1.54, 1.807) is 6.33 Å². The number of imidazole rings is 1. The van der Waals surface area contributed by atoms with E-state index in [4.69, 9.17) is 14.2 Å². The van der Waals surface area contributed by atoms with Crippen LogP contribution in [0.25, 0.3) is 5.52 Å². The molecule has 1 atom stereocenters. The van der Waals surface area contributed by atoms with Gasteiger partial charge in [-0.15, -0.1) is 0 Å². The summed E-state index contributed by atoms with van der Waals surface area (Å²) < 4.78 is 13.0. The highest BCUT2D eigenvalue weighted by Crippen LogP contribution is 2.34. The molecule has 8 nitrogen and oxygen atoms in total. The van der Waals surface area contributed by atoms with Gasteiger partial charge in [-0.2, -0.15) is 5.10 Å². The van der Waals surface area contributed by atoms with Gasteiger partial charge in [-0.25, -0.2) is 14.5 Å². The van der Waals surface area contributed by atoms with Gasteiger partial charge in [0.1, 0.15) is 23.4 Å². The fourth-order valence-corrected chi connectivity index (χ4v) is 4.08. The Hall–Kier alpha value is -2.48. The minimum Gasteiger partial charge on any atom is -0.381 e. The molecule has 0 saturated carbocycles. The minimum absolute atomic E-state index is 0.311. The first-order valence-electron chi connectivity index (χ1n) is 9.25. The average Bonchev–Trinajstić information content (AvgIpc) is 3.39. The van der Waals surface area contributed by atoms with Gasteiger partial charge in [0.15, 0.2) is 5.82 Å². The third-order valence-corrected chi connectivity index (χ3v) is 5.46. The van der Waals surface area contributed by atoms with Crippen molar-refractivity contribution in [3.05, 3.63) is 34.9 Å². The maximum atomic E-state index is 5.60. The molecule has 2 aliphatic rings. The van der Waals surface area contributed by atoms with E-state index in [1.807, 2.05) is 11.4 Å². The molecule has 2 aliphatic heterocycles. The molecule has 0 aliphatic carbocycles. The molecule has 26 heavy (non-hydrogen) atoms. The van der Waals surface area contributed by atoms with Crippen molar-refractivity contribution in [2.45, 2.75) is 45.6 Å². The number of aryl methyl sites for hydroxylation is 2. The van der Waals surface area contributed by atoms with E-state index in [9.17, 15) is 0 Å². The Labute approximate surface area is 151 Å². The van der Waals surface area contributed by atoms with Gasteiger partial charge in [0.25, 0.3) is 0 Å². The Morgan fingerprint density at radius 2 is 2.27 bits per heavy atom. The number of anilines is 1. The lowest BCUT2D eigenvalue weighted by Crippen LogP contribution is -2.32. The van der Waals surface area contributed by atoms with Crippen LogP contribution in [0.1, 0.15) is 47.8 Å². The standard InChI is InChI=1S/C18H22N6O2/c1-3-15-13-8-23(6-4-14(13)22-26-15)18-17-16(12-5-7-25-9-12)21-11(2)24(17)20-10-19-18/h10,12H,3-9H2,1-2H3. The van der Waals surface area contributed by atoms with Crippen molar-refractivity contribution < 1.29 is 9.26 Å². The lowest BCUT2D eigenvalue weighted by Gasteiger charge is -2.28. The number of rotatable bonds is 3.